The highest BCUT2D eigenvalue weighted by molar-refractivity contribution is 5.94. The molecule has 12 heteroatoms. The molecule has 3 atom stereocenters. The van der Waals surface area contributed by atoms with E-state index >= 15 is 0 Å². The molecule has 2 fully saturated rings. The van der Waals surface area contributed by atoms with Gasteiger partial charge >= 0.3 is 0 Å². The molecule has 3 aromatic carbocycles. The lowest BCUT2D eigenvalue weighted by Gasteiger charge is -2.40. The maximum absolute atomic E-state index is 12.6. The maximum Gasteiger partial charge on any atom is 0.225 e. The summed E-state index contributed by atoms with van der Waals surface area (Å²) in [5.41, 5.74) is 10.3. The highest BCUT2D eigenvalue weighted by Crippen LogP contribution is 2.38. The second-order valence-electron chi connectivity index (χ2n) is 12.3. The van der Waals surface area contributed by atoms with Crippen molar-refractivity contribution in [2.24, 2.45) is 0 Å². The molecule has 4 aromatic rings. The van der Waals surface area contributed by atoms with E-state index in [0.29, 0.717) is 29.9 Å². The van der Waals surface area contributed by atoms with Crippen LogP contribution in [0.15, 0.2) is 91.3 Å². The lowest BCUT2D eigenvalue weighted by molar-refractivity contribution is -0.253. The molecule has 2 saturated heterocycles. The molecule has 1 aromatic heterocycles. The Balaban J connectivity index is 1.04. The van der Waals surface area contributed by atoms with Gasteiger partial charge in [-0.25, -0.2) is 9.97 Å². The number of hydrogen-bond acceptors (Lipinski definition) is 10. The van der Waals surface area contributed by atoms with Gasteiger partial charge in [0.15, 0.2) is 6.29 Å². The average Bonchev–Trinajstić information content (AvgIpc) is 3.13. The number of carbonyl (C=O) groups is 2. The summed E-state index contributed by atoms with van der Waals surface area (Å²) in [5, 5.41) is 15.2. The van der Waals surface area contributed by atoms with Crippen LogP contribution in [0.2, 0.25) is 0 Å². The topological polar surface area (TPSA) is 155 Å². The van der Waals surface area contributed by atoms with E-state index in [4.69, 9.17) is 15.2 Å². The fourth-order valence-electron chi connectivity index (χ4n) is 6.09. The summed E-state index contributed by atoms with van der Waals surface area (Å²) >= 11 is 0. The number of piperazine rings is 1. The van der Waals surface area contributed by atoms with Gasteiger partial charge in [-0.1, -0.05) is 48.5 Å². The zero-order valence-corrected chi connectivity index (χ0v) is 27.4. The number of aliphatic hydroxyl groups excluding tert-OH is 1. The number of benzene rings is 3. The molecule has 2 amide bonds. The minimum Gasteiger partial charge on any atom is -0.397 e. The van der Waals surface area contributed by atoms with E-state index in [1.807, 2.05) is 54.6 Å². The first kappa shape index (κ1) is 34.0. The second kappa shape index (κ2) is 16.5. The predicted octanol–water partition coefficient (Wildman–Crippen LogP) is 4.67. The molecule has 3 unspecified atom stereocenters. The van der Waals surface area contributed by atoms with E-state index in [9.17, 15) is 14.7 Å². The Morgan fingerprint density at radius 2 is 1.49 bits per heavy atom. The predicted molar refractivity (Wildman–Crippen MR) is 188 cm³/mol. The molecule has 2 aliphatic rings. The number of nitrogens with two attached hydrogens (primary N) is 1. The highest BCUT2D eigenvalue weighted by atomic mass is 16.7. The molecule has 5 N–H and O–H groups in total. The van der Waals surface area contributed by atoms with Gasteiger partial charge in [-0.15, -0.1) is 0 Å². The summed E-state index contributed by atoms with van der Waals surface area (Å²) < 4.78 is 13.1. The van der Waals surface area contributed by atoms with Gasteiger partial charge in [-0.05, 0) is 47.9 Å². The fourth-order valence-corrected chi connectivity index (χ4v) is 6.09. The van der Waals surface area contributed by atoms with Crippen LogP contribution in [0.4, 0.5) is 23.0 Å². The number of hydrogen-bond donors (Lipinski definition) is 4. The molecule has 0 spiro atoms. The number of para-hydroxylation sites is 2. The molecule has 3 heterocycles. The number of amides is 2. The first-order valence-electron chi connectivity index (χ1n) is 16.7. The Labute approximate surface area is 286 Å². The number of anilines is 4. The van der Waals surface area contributed by atoms with E-state index in [2.05, 4.69) is 30.4 Å². The Hall–Kier alpha value is -4.88. The highest BCUT2D eigenvalue weighted by Gasteiger charge is 2.34. The maximum atomic E-state index is 12.6. The fraction of sp³-hybridized carbons (Fsp3) is 0.351. The summed E-state index contributed by atoms with van der Waals surface area (Å²) in [6, 6.07) is 24.2. The quantitative estimate of drug-likeness (QED) is 0.157. The molecular formula is C37H43N7O5. The van der Waals surface area contributed by atoms with E-state index in [0.717, 1.165) is 55.4 Å². The summed E-state index contributed by atoms with van der Waals surface area (Å²) in [5.74, 6) is 0.399. The van der Waals surface area contributed by atoms with Gasteiger partial charge in [0.25, 0.3) is 0 Å². The molecule has 12 nitrogen and oxygen atoms in total. The van der Waals surface area contributed by atoms with Crippen LogP contribution in [-0.2, 0) is 25.7 Å². The molecule has 49 heavy (non-hydrogen) atoms. The van der Waals surface area contributed by atoms with Crippen molar-refractivity contribution in [3.8, 4) is 0 Å². The number of nitrogens with zero attached hydrogens (tertiary/aromatic N) is 4. The molecular weight excluding hydrogens is 622 g/mol. The first-order chi connectivity index (χ1) is 23.9. The Bertz CT molecular complexity index is 1670. The van der Waals surface area contributed by atoms with Crippen LogP contribution in [0.1, 0.15) is 54.8 Å². The van der Waals surface area contributed by atoms with Crippen molar-refractivity contribution in [3.63, 3.8) is 0 Å². The SMILES string of the molecule is Nc1ccccc1NC(=O)CCCC(=O)Nc1ccc(C2OC(CN3CCN(c4ncccn4)CC3)CC(c3ccc(CO)cc3)O2)cc1. The van der Waals surface area contributed by atoms with Crippen molar-refractivity contribution in [2.45, 2.75) is 50.8 Å². The minimum atomic E-state index is -0.595. The standard InChI is InChI=1S/C37H43N7O5/c38-31-5-1-2-6-32(31)42-35(47)8-3-7-34(46)41-29-15-13-28(14-16-29)36-48-30(23-33(49-36)27-11-9-26(25-45)10-12-27)24-43-19-21-44(22-20-43)37-39-17-4-18-40-37/h1-2,4-6,9-18,30,33,36,45H,3,7-8,19-25,38H2,(H,41,46)(H,42,47). The molecule has 0 radical (unpaired) electrons. The third-order valence-corrected chi connectivity index (χ3v) is 8.79. The molecule has 256 valence electrons. The van der Waals surface area contributed by atoms with Crippen LogP contribution in [0, 0.1) is 0 Å². The van der Waals surface area contributed by atoms with E-state index in [1.165, 1.54) is 0 Å². The minimum absolute atomic E-state index is 0.0117. The lowest BCUT2D eigenvalue weighted by Crippen LogP contribution is -2.50. The Morgan fingerprint density at radius 3 is 2.18 bits per heavy atom. The van der Waals surface area contributed by atoms with Crippen molar-refractivity contribution in [1.82, 2.24) is 14.9 Å². The summed E-state index contributed by atoms with van der Waals surface area (Å²) in [6.45, 7) is 4.18. The van der Waals surface area contributed by atoms with Crippen molar-refractivity contribution in [3.05, 3.63) is 108 Å². The third-order valence-electron chi connectivity index (χ3n) is 8.79. The van der Waals surface area contributed by atoms with Gasteiger partial charge in [0.2, 0.25) is 17.8 Å². The zero-order valence-electron chi connectivity index (χ0n) is 27.4. The second-order valence-corrected chi connectivity index (χ2v) is 12.3. The smallest absolute Gasteiger partial charge is 0.225 e. The average molecular weight is 666 g/mol. The van der Waals surface area contributed by atoms with E-state index in [-0.39, 0.29) is 43.5 Å². The first-order valence-corrected chi connectivity index (χ1v) is 16.7. The normalized spacial score (nSPS) is 19.7. The number of rotatable bonds is 12. The number of nitrogen functional groups attached to an aromatic ring is 1. The van der Waals surface area contributed by atoms with Crippen molar-refractivity contribution in [1.29, 1.82) is 0 Å². The molecule has 0 bridgehead atoms. The molecule has 6 rings (SSSR count). The number of aliphatic hydroxyl groups is 1. The third kappa shape index (κ3) is 9.39. The van der Waals surface area contributed by atoms with E-state index < -0.39 is 6.29 Å². The summed E-state index contributed by atoms with van der Waals surface area (Å²) in [7, 11) is 0. The van der Waals surface area contributed by atoms with Crippen LogP contribution >= 0.6 is 0 Å². The molecule has 0 aliphatic carbocycles. The van der Waals surface area contributed by atoms with Gasteiger partial charge in [-0.2, -0.15) is 0 Å². The van der Waals surface area contributed by atoms with Gasteiger partial charge < -0.3 is 35.8 Å². The Kier molecular flexibility index (Phi) is 11.4. The van der Waals surface area contributed by atoms with Crippen molar-refractivity contribution < 1.29 is 24.2 Å². The van der Waals surface area contributed by atoms with Crippen LogP contribution in [0.3, 0.4) is 0 Å². The van der Waals surface area contributed by atoms with E-state index in [1.54, 1.807) is 36.7 Å². The van der Waals surface area contributed by atoms with Crippen molar-refractivity contribution >= 4 is 34.8 Å². The van der Waals surface area contributed by atoms with Crippen LogP contribution in [0.25, 0.3) is 0 Å². The van der Waals surface area contributed by atoms with Gasteiger partial charge in [0, 0.05) is 75.6 Å². The van der Waals surface area contributed by atoms with Gasteiger partial charge in [0.05, 0.1) is 30.2 Å². The zero-order chi connectivity index (χ0) is 34.0. The number of carbonyl (C=O) groups excluding carboxylic acids is 2. The molecule has 0 saturated carbocycles. The summed E-state index contributed by atoms with van der Waals surface area (Å²) in [4.78, 5) is 38.3. The van der Waals surface area contributed by atoms with Crippen LogP contribution in [-0.4, -0.2) is 70.6 Å². The monoisotopic (exact) mass is 665 g/mol. The Morgan fingerprint density at radius 1 is 0.816 bits per heavy atom. The van der Waals surface area contributed by atoms with Gasteiger partial charge in [0.1, 0.15) is 0 Å². The lowest BCUT2D eigenvalue weighted by atomic mass is 9.99. The largest absolute Gasteiger partial charge is 0.397 e. The van der Waals surface area contributed by atoms with Crippen LogP contribution in [0.5, 0.6) is 0 Å². The number of nitrogens with one attached hydrogen (secondary N) is 2. The number of ether oxygens (including phenoxy) is 2. The summed E-state index contributed by atoms with van der Waals surface area (Å²) in [6.07, 6.45) is 4.20. The van der Waals surface area contributed by atoms with Crippen LogP contribution < -0.4 is 21.3 Å². The molecule has 2 aliphatic heterocycles. The number of aromatic nitrogens is 2. The van der Waals surface area contributed by atoms with Crippen molar-refractivity contribution in [2.75, 3.05) is 54.0 Å². The van der Waals surface area contributed by atoms with Gasteiger partial charge in [-0.3, -0.25) is 14.5 Å².